The van der Waals surface area contributed by atoms with E-state index in [0.29, 0.717) is 0 Å². The molecule has 1 fully saturated rings. The normalized spacial score (nSPS) is 39.8. The fourth-order valence-corrected chi connectivity index (χ4v) is 2.62. The molecular weight excluding hydrogens is 116 g/mol. The molecule has 0 unspecified atom stereocenters. The first-order valence-corrected chi connectivity index (χ1v) is 4.39. The molecule has 0 nitrogen and oxygen atoms in total. The molecule has 0 bridgehead atoms. The van der Waals surface area contributed by atoms with E-state index in [1.807, 2.05) is 0 Å². The summed E-state index contributed by atoms with van der Waals surface area (Å²) < 4.78 is 0. The van der Waals surface area contributed by atoms with Gasteiger partial charge >= 0.3 is 0 Å². The van der Waals surface area contributed by atoms with Gasteiger partial charge in [-0.05, 0) is 12.8 Å². The minimum Gasteiger partial charge on any atom is -0.156 e. The number of hydrogen-bond acceptors (Lipinski definition) is 1. The summed E-state index contributed by atoms with van der Waals surface area (Å²) in [7, 11) is 0. The molecule has 0 aromatic carbocycles. The Morgan fingerprint density at radius 2 is 1.62 bits per heavy atom. The van der Waals surface area contributed by atoms with Crippen molar-refractivity contribution in [2.75, 3.05) is 0 Å². The van der Waals surface area contributed by atoms with Gasteiger partial charge in [0.15, 0.2) is 0 Å². The number of thioether (sulfide) groups is 1. The molecule has 0 spiro atoms. The summed E-state index contributed by atoms with van der Waals surface area (Å²) in [5.41, 5.74) is 0. The van der Waals surface area contributed by atoms with Crippen LogP contribution in [-0.4, -0.2) is 10.5 Å². The summed E-state index contributed by atoms with van der Waals surface area (Å²) in [5.74, 6) is 0. The maximum absolute atomic E-state index is 2.33. The summed E-state index contributed by atoms with van der Waals surface area (Å²) in [4.78, 5) is 0. The third-order valence-corrected chi connectivity index (χ3v) is 3.09. The van der Waals surface area contributed by atoms with Gasteiger partial charge in [-0.1, -0.05) is 20.3 Å². The highest BCUT2D eigenvalue weighted by atomic mass is 32.2. The van der Waals surface area contributed by atoms with E-state index in [1.165, 1.54) is 19.3 Å². The van der Waals surface area contributed by atoms with Crippen LogP contribution in [0.1, 0.15) is 33.1 Å². The Labute approximate surface area is 56.0 Å². The van der Waals surface area contributed by atoms with Crippen molar-refractivity contribution in [2.45, 2.75) is 43.6 Å². The SMILES string of the molecule is C[C@@H]1CCC[C@@H](C)S1. The van der Waals surface area contributed by atoms with Crippen LogP contribution < -0.4 is 0 Å². The van der Waals surface area contributed by atoms with E-state index in [0.717, 1.165) is 10.5 Å². The average molecular weight is 130 g/mol. The Balaban J connectivity index is 2.23. The summed E-state index contributed by atoms with van der Waals surface area (Å²) in [6.45, 7) is 4.67. The molecule has 0 aromatic rings. The van der Waals surface area contributed by atoms with Crippen molar-refractivity contribution in [3.63, 3.8) is 0 Å². The van der Waals surface area contributed by atoms with Gasteiger partial charge in [0.05, 0.1) is 0 Å². The van der Waals surface area contributed by atoms with E-state index < -0.39 is 0 Å². The van der Waals surface area contributed by atoms with Crippen LogP contribution in [0.15, 0.2) is 0 Å². The van der Waals surface area contributed by atoms with Crippen LogP contribution in [0.5, 0.6) is 0 Å². The van der Waals surface area contributed by atoms with E-state index in [2.05, 4.69) is 25.6 Å². The molecule has 0 radical (unpaired) electrons. The van der Waals surface area contributed by atoms with Gasteiger partial charge in [0.2, 0.25) is 0 Å². The van der Waals surface area contributed by atoms with Gasteiger partial charge in [0.25, 0.3) is 0 Å². The third kappa shape index (κ3) is 1.70. The maximum atomic E-state index is 2.33. The van der Waals surface area contributed by atoms with Gasteiger partial charge < -0.3 is 0 Å². The first-order chi connectivity index (χ1) is 3.79. The second-order valence-electron chi connectivity index (χ2n) is 2.69. The zero-order valence-corrected chi connectivity index (χ0v) is 6.50. The van der Waals surface area contributed by atoms with E-state index >= 15 is 0 Å². The van der Waals surface area contributed by atoms with Crippen molar-refractivity contribution < 1.29 is 0 Å². The van der Waals surface area contributed by atoms with Crippen molar-refractivity contribution in [3.8, 4) is 0 Å². The van der Waals surface area contributed by atoms with Crippen LogP contribution >= 0.6 is 11.8 Å². The van der Waals surface area contributed by atoms with Gasteiger partial charge in [-0.2, -0.15) is 11.8 Å². The van der Waals surface area contributed by atoms with Gasteiger partial charge in [0.1, 0.15) is 0 Å². The molecule has 1 saturated heterocycles. The quantitative estimate of drug-likeness (QED) is 0.486. The second kappa shape index (κ2) is 2.77. The molecule has 0 amide bonds. The summed E-state index contributed by atoms with van der Waals surface area (Å²) in [6, 6.07) is 0. The lowest BCUT2D eigenvalue weighted by atomic mass is 10.1. The summed E-state index contributed by atoms with van der Waals surface area (Å²) in [5, 5.41) is 1.86. The molecule has 48 valence electrons. The highest BCUT2D eigenvalue weighted by Gasteiger charge is 2.14. The van der Waals surface area contributed by atoms with Crippen LogP contribution in [0.4, 0.5) is 0 Å². The Morgan fingerprint density at radius 1 is 1.12 bits per heavy atom. The van der Waals surface area contributed by atoms with Crippen LogP contribution in [0.3, 0.4) is 0 Å². The van der Waals surface area contributed by atoms with Crippen molar-refractivity contribution in [1.29, 1.82) is 0 Å². The lowest BCUT2D eigenvalue weighted by Gasteiger charge is -2.22. The highest BCUT2D eigenvalue weighted by molar-refractivity contribution is 8.00. The zero-order chi connectivity index (χ0) is 5.98. The Morgan fingerprint density at radius 3 is 1.88 bits per heavy atom. The van der Waals surface area contributed by atoms with Gasteiger partial charge in [-0.25, -0.2) is 0 Å². The molecule has 1 heterocycles. The van der Waals surface area contributed by atoms with E-state index in [9.17, 15) is 0 Å². The predicted octanol–water partition coefficient (Wildman–Crippen LogP) is 2.68. The molecule has 0 saturated carbocycles. The molecule has 2 atom stereocenters. The van der Waals surface area contributed by atoms with E-state index in [4.69, 9.17) is 0 Å². The molecule has 0 N–H and O–H groups in total. The van der Waals surface area contributed by atoms with Crippen molar-refractivity contribution in [2.24, 2.45) is 0 Å². The number of rotatable bonds is 0. The molecular formula is C7H14S. The van der Waals surface area contributed by atoms with Gasteiger partial charge in [0, 0.05) is 10.5 Å². The minimum absolute atomic E-state index is 0.929. The van der Waals surface area contributed by atoms with Gasteiger partial charge in [-0.3, -0.25) is 0 Å². The first-order valence-electron chi connectivity index (χ1n) is 3.44. The minimum atomic E-state index is 0.929. The van der Waals surface area contributed by atoms with Gasteiger partial charge in [-0.15, -0.1) is 0 Å². The lowest BCUT2D eigenvalue weighted by Crippen LogP contribution is -2.11. The molecule has 0 aromatic heterocycles. The highest BCUT2D eigenvalue weighted by Crippen LogP contribution is 2.30. The predicted molar refractivity (Wildman–Crippen MR) is 40.4 cm³/mol. The Bertz CT molecular complexity index is 62.8. The zero-order valence-electron chi connectivity index (χ0n) is 5.68. The smallest absolute Gasteiger partial charge is 0.00214 e. The maximum Gasteiger partial charge on any atom is 0.00214 e. The largest absolute Gasteiger partial charge is 0.156 e. The molecule has 1 aliphatic heterocycles. The monoisotopic (exact) mass is 130 g/mol. The van der Waals surface area contributed by atoms with Crippen LogP contribution in [-0.2, 0) is 0 Å². The van der Waals surface area contributed by atoms with E-state index in [-0.39, 0.29) is 0 Å². The van der Waals surface area contributed by atoms with E-state index in [1.54, 1.807) is 0 Å². The topological polar surface area (TPSA) is 0 Å². The second-order valence-corrected chi connectivity index (χ2v) is 4.57. The fraction of sp³-hybridized carbons (Fsp3) is 1.00. The number of hydrogen-bond donors (Lipinski definition) is 0. The van der Waals surface area contributed by atoms with Crippen molar-refractivity contribution in [1.82, 2.24) is 0 Å². The summed E-state index contributed by atoms with van der Waals surface area (Å²) in [6.07, 6.45) is 4.33. The molecule has 8 heavy (non-hydrogen) atoms. The molecule has 1 aliphatic rings. The Hall–Kier alpha value is 0.350. The summed E-state index contributed by atoms with van der Waals surface area (Å²) >= 11 is 2.14. The fourth-order valence-electron chi connectivity index (χ4n) is 1.23. The van der Waals surface area contributed by atoms with Crippen LogP contribution in [0.2, 0.25) is 0 Å². The van der Waals surface area contributed by atoms with Crippen LogP contribution in [0, 0.1) is 0 Å². The average Bonchev–Trinajstić information content (AvgIpc) is 1.64. The standard InChI is InChI=1S/C7H14S/c1-6-4-3-5-7(2)8-6/h6-7H,3-5H2,1-2H3/t6-,7-/m1/s1. The molecule has 1 heteroatoms. The molecule has 1 rings (SSSR count). The van der Waals surface area contributed by atoms with Crippen molar-refractivity contribution in [3.05, 3.63) is 0 Å². The van der Waals surface area contributed by atoms with Crippen molar-refractivity contribution >= 4 is 11.8 Å². The molecule has 0 aliphatic carbocycles. The lowest BCUT2D eigenvalue weighted by molar-refractivity contribution is 0.641. The first kappa shape index (κ1) is 6.47. The van der Waals surface area contributed by atoms with Crippen LogP contribution in [0.25, 0.3) is 0 Å². The third-order valence-electron chi connectivity index (χ3n) is 1.69. The Kier molecular flexibility index (Phi) is 2.24.